The minimum absolute atomic E-state index is 0.103. The molecule has 1 atom stereocenters. The van der Waals surface area contributed by atoms with Crippen molar-refractivity contribution in [3.8, 4) is 0 Å². The van der Waals surface area contributed by atoms with Crippen LogP contribution in [0.1, 0.15) is 33.5 Å². The molecular weight excluding hydrogens is 338 g/mol. The zero-order valence-corrected chi connectivity index (χ0v) is 15.6. The van der Waals surface area contributed by atoms with E-state index in [9.17, 15) is 4.79 Å². The highest BCUT2D eigenvalue weighted by Crippen LogP contribution is 2.19. The summed E-state index contributed by atoms with van der Waals surface area (Å²) in [5.74, 6) is -0.103. The number of likely N-dealkylation sites (tertiary alicyclic amines) is 1. The number of carbonyl (C=O) groups is 1. The molecule has 3 aromatic rings. The molecule has 0 saturated carbocycles. The lowest BCUT2D eigenvalue weighted by atomic mass is 10.0. The molecule has 1 unspecified atom stereocenters. The molecule has 1 N–H and O–H groups in total. The fraction of sp³-hybridized carbons (Fsp3) is 0.333. The molecule has 1 amide bonds. The van der Waals surface area contributed by atoms with Crippen LogP contribution < -0.4 is 5.32 Å². The van der Waals surface area contributed by atoms with E-state index in [2.05, 4.69) is 57.2 Å². The smallest absolute Gasteiger partial charge is 0.253 e. The Labute approximate surface area is 158 Å². The van der Waals surface area contributed by atoms with Gasteiger partial charge in [-0.25, -0.2) is 9.97 Å². The van der Waals surface area contributed by atoms with Crippen LogP contribution in [0.5, 0.6) is 0 Å². The average molecular weight is 361 g/mol. The summed E-state index contributed by atoms with van der Waals surface area (Å²) in [6.07, 6.45) is 5.72. The van der Waals surface area contributed by atoms with Crippen molar-refractivity contribution in [3.63, 3.8) is 0 Å². The number of rotatable bonds is 4. The highest BCUT2D eigenvalue weighted by molar-refractivity contribution is 5.96. The highest BCUT2D eigenvalue weighted by atomic mass is 16.1. The Morgan fingerprint density at radius 2 is 1.96 bits per heavy atom. The predicted octanol–water partition coefficient (Wildman–Crippen LogP) is 2.65. The Balaban J connectivity index is 1.39. The summed E-state index contributed by atoms with van der Waals surface area (Å²) in [6.45, 7) is 7.10. The lowest BCUT2D eigenvalue weighted by Crippen LogP contribution is -2.37. The van der Waals surface area contributed by atoms with Crippen LogP contribution in [0.4, 0.5) is 0 Å². The molecule has 0 bridgehead atoms. The van der Waals surface area contributed by atoms with Gasteiger partial charge in [-0.05, 0) is 43.0 Å². The molecule has 1 fully saturated rings. The van der Waals surface area contributed by atoms with Crippen LogP contribution in [-0.2, 0) is 6.54 Å². The predicted molar refractivity (Wildman–Crippen MR) is 104 cm³/mol. The zero-order chi connectivity index (χ0) is 18.8. The second kappa shape index (κ2) is 7.40. The van der Waals surface area contributed by atoms with E-state index in [1.807, 2.05) is 0 Å². The normalized spacial score (nSPS) is 17.3. The van der Waals surface area contributed by atoms with Gasteiger partial charge in [-0.15, -0.1) is 0 Å². The zero-order valence-electron chi connectivity index (χ0n) is 15.6. The second-order valence-electron chi connectivity index (χ2n) is 7.19. The van der Waals surface area contributed by atoms with Crippen molar-refractivity contribution >= 4 is 17.1 Å². The van der Waals surface area contributed by atoms with Crippen molar-refractivity contribution in [1.82, 2.24) is 25.2 Å². The van der Waals surface area contributed by atoms with Crippen molar-refractivity contribution in [2.24, 2.45) is 0 Å². The first-order valence-corrected chi connectivity index (χ1v) is 9.25. The van der Waals surface area contributed by atoms with Gasteiger partial charge in [-0.1, -0.05) is 18.2 Å². The summed E-state index contributed by atoms with van der Waals surface area (Å²) in [7, 11) is 0. The van der Waals surface area contributed by atoms with Crippen LogP contribution >= 0.6 is 0 Å². The van der Waals surface area contributed by atoms with Crippen molar-refractivity contribution in [3.05, 3.63) is 65.1 Å². The van der Waals surface area contributed by atoms with E-state index in [1.54, 1.807) is 24.7 Å². The Morgan fingerprint density at radius 3 is 2.78 bits per heavy atom. The molecule has 0 radical (unpaired) electrons. The summed E-state index contributed by atoms with van der Waals surface area (Å²) >= 11 is 0. The second-order valence-corrected chi connectivity index (χ2v) is 7.19. The number of hydrogen-bond acceptors (Lipinski definition) is 5. The van der Waals surface area contributed by atoms with E-state index < -0.39 is 0 Å². The number of aromatic nitrogens is 3. The Kier molecular flexibility index (Phi) is 4.81. The van der Waals surface area contributed by atoms with Crippen molar-refractivity contribution in [2.75, 3.05) is 13.1 Å². The number of carbonyl (C=O) groups excluding carboxylic acids is 1. The first-order chi connectivity index (χ1) is 13.1. The van der Waals surface area contributed by atoms with Gasteiger partial charge >= 0.3 is 0 Å². The number of amides is 1. The summed E-state index contributed by atoms with van der Waals surface area (Å²) in [5, 5.41) is 3.14. The molecule has 1 saturated heterocycles. The van der Waals surface area contributed by atoms with Crippen LogP contribution in [0.25, 0.3) is 11.2 Å². The first-order valence-electron chi connectivity index (χ1n) is 9.25. The molecule has 2 aromatic heterocycles. The molecule has 138 valence electrons. The van der Waals surface area contributed by atoms with E-state index in [0.717, 1.165) is 26.1 Å². The van der Waals surface area contributed by atoms with Crippen LogP contribution in [0, 0.1) is 13.8 Å². The summed E-state index contributed by atoms with van der Waals surface area (Å²) in [6, 6.07) is 8.32. The van der Waals surface area contributed by atoms with Gasteiger partial charge in [0, 0.05) is 44.3 Å². The van der Waals surface area contributed by atoms with Crippen molar-refractivity contribution in [2.45, 2.75) is 32.9 Å². The molecule has 1 aromatic carbocycles. The van der Waals surface area contributed by atoms with E-state index in [4.69, 9.17) is 0 Å². The fourth-order valence-electron chi connectivity index (χ4n) is 3.67. The van der Waals surface area contributed by atoms with Gasteiger partial charge in [0.2, 0.25) is 0 Å². The largest absolute Gasteiger partial charge is 0.348 e. The van der Waals surface area contributed by atoms with Crippen LogP contribution in [0.3, 0.4) is 0 Å². The Bertz CT molecular complexity index is 967. The summed E-state index contributed by atoms with van der Waals surface area (Å²) < 4.78 is 0. The van der Waals surface area contributed by atoms with E-state index in [1.165, 1.54) is 16.7 Å². The third-order valence-electron chi connectivity index (χ3n) is 5.22. The quantitative estimate of drug-likeness (QED) is 0.773. The lowest BCUT2D eigenvalue weighted by molar-refractivity contribution is 0.0937. The van der Waals surface area contributed by atoms with Crippen molar-refractivity contribution < 1.29 is 4.79 Å². The van der Waals surface area contributed by atoms with Crippen molar-refractivity contribution in [1.29, 1.82) is 0 Å². The first kappa shape index (κ1) is 17.5. The van der Waals surface area contributed by atoms with Gasteiger partial charge in [0.25, 0.3) is 5.91 Å². The Morgan fingerprint density at radius 1 is 1.19 bits per heavy atom. The standard InChI is InChI=1S/C21H23N5O/c1-14-4-3-5-15(2)18(14)13-26-9-6-17(12-26)25-21(27)16-10-19-20(24-11-16)23-8-7-22-19/h3-5,7-8,10-11,17H,6,9,12-13H2,1-2H3,(H,25,27). The SMILES string of the molecule is Cc1cccc(C)c1CN1CCC(NC(=O)c2cnc3nccnc3c2)C1. The number of aryl methyl sites for hydroxylation is 2. The third kappa shape index (κ3) is 3.80. The molecule has 0 aliphatic carbocycles. The van der Waals surface area contributed by atoms with Gasteiger partial charge in [0.1, 0.15) is 5.52 Å². The molecule has 1 aliphatic rings. The maximum Gasteiger partial charge on any atom is 0.253 e. The minimum atomic E-state index is -0.103. The van der Waals surface area contributed by atoms with Crippen LogP contribution in [0.2, 0.25) is 0 Å². The lowest BCUT2D eigenvalue weighted by Gasteiger charge is -2.19. The molecule has 27 heavy (non-hydrogen) atoms. The molecular formula is C21H23N5O. The third-order valence-corrected chi connectivity index (χ3v) is 5.22. The van der Waals surface area contributed by atoms with E-state index in [0.29, 0.717) is 16.7 Å². The molecule has 1 aliphatic heterocycles. The van der Waals surface area contributed by atoms with Gasteiger partial charge in [-0.2, -0.15) is 0 Å². The maximum atomic E-state index is 12.6. The monoisotopic (exact) mass is 361 g/mol. The topological polar surface area (TPSA) is 71.0 Å². The van der Waals surface area contributed by atoms with Gasteiger partial charge < -0.3 is 5.32 Å². The Hall–Kier alpha value is -2.86. The highest BCUT2D eigenvalue weighted by Gasteiger charge is 2.25. The summed E-state index contributed by atoms with van der Waals surface area (Å²) in [4.78, 5) is 27.6. The fourth-order valence-corrected chi connectivity index (χ4v) is 3.67. The van der Waals surface area contributed by atoms with E-state index in [-0.39, 0.29) is 11.9 Å². The van der Waals surface area contributed by atoms with Gasteiger partial charge in [-0.3, -0.25) is 14.7 Å². The minimum Gasteiger partial charge on any atom is -0.348 e. The average Bonchev–Trinajstić information content (AvgIpc) is 3.11. The number of benzene rings is 1. The number of nitrogens with one attached hydrogen (secondary N) is 1. The summed E-state index contributed by atoms with van der Waals surface area (Å²) in [5.41, 5.74) is 5.75. The van der Waals surface area contributed by atoms with Gasteiger partial charge in [0.05, 0.1) is 5.56 Å². The molecule has 6 heteroatoms. The maximum absolute atomic E-state index is 12.6. The number of fused-ring (bicyclic) bond motifs is 1. The van der Waals surface area contributed by atoms with Crippen LogP contribution in [0.15, 0.2) is 42.9 Å². The molecule has 4 rings (SSSR count). The van der Waals surface area contributed by atoms with Crippen LogP contribution in [-0.4, -0.2) is 44.9 Å². The molecule has 3 heterocycles. The van der Waals surface area contributed by atoms with E-state index >= 15 is 0 Å². The molecule has 6 nitrogen and oxygen atoms in total. The molecule has 0 spiro atoms. The number of nitrogens with zero attached hydrogens (tertiary/aromatic N) is 4. The van der Waals surface area contributed by atoms with Gasteiger partial charge in [0.15, 0.2) is 5.65 Å². The number of pyridine rings is 1. The number of hydrogen-bond donors (Lipinski definition) is 1.